The number of nitrogens with one attached hydrogen (secondary N) is 4. The molecule has 4 aromatic carbocycles. The number of amides is 3. The van der Waals surface area contributed by atoms with Crippen LogP contribution in [-0.2, 0) is 27.2 Å². The van der Waals surface area contributed by atoms with E-state index in [9.17, 15) is 27.6 Å². The number of piperidine rings is 1. The standard InChI is InChI=1S/C39H42F3N5O3/c40-39(41,42)25-44-23-35(48)47(24-27-16-18-43-19-17-27)34(22-26-10-13-31(14-11-26)29-6-2-1-3-7-29)36-38(50)45-33(37(49)46-36)21-28-12-15-30-8-4-5-9-32(30)20-28/h1-15,20,27,33-34,36,43-44H,16-19,21-25H2,(H,45,50)(H,46,49)/t33-,34?,36-/m0/s1. The molecule has 2 aliphatic heterocycles. The number of rotatable bonds is 12. The lowest BCUT2D eigenvalue weighted by atomic mass is 9.90. The van der Waals surface area contributed by atoms with Crippen LogP contribution in [0.3, 0.4) is 0 Å². The van der Waals surface area contributed by atoms with E-state index in [2.05, 4.69) is 21.3 Å². The normalized spacial score (nSPS) is 19.1. The largest absolute Gasteiger partial charge is 0.401 e. The Balaban J connectivity index is 1.27. The summed E-state index contributed by atoms with van der Waals surface area (Å²) in [5, 5.41) is 13.5. The monoisotopic (exact) mass is 685 g/mol. The molecule has 6 rings (SSSR count). The van der Waals surface area contributed by atoms with Gasteiger partial charge in [0.2, 0.25) is 17.7 Å². The maximum atomic E-state index is 14.0. The molecule has 2 fully saturated rings. The lowest BCUT2D eigenvalue weighted by Gasteiger charge is -2.42. The summed E-state index contributed by atoms with van der Waals surface area (Å²) in [5.74, 6) is -1.29. The van der Waals surface area contributed by atoms with Crippen molar-refractivity contribution in [3.63, 3.8) is 0 Å². The van der Waals surface area contributed by atoms with E-state index in [0.717, 1.165) is 59.0 Å². The number of alkyl halides is 3. The van der Waals surface area contributed by atoms with E-state index >= 15 is 0 Å². The zero-order valence-electron chi connectivity index (χ0n) is 27.7. The topological polar surface area (TPSA) is 103 Å². The van der Waals surface area contributed by atoms with Crippen LogP contribution >= 0.6 is 0 Å². The highest BCUT2D eigenvalue weighted by Crippen LogP contribution is 2.25. The summed E-state index contributed by atoms with van der Waals surface area (Å²) in [6.45, 7) is -0.117. The van der Waals surface area contributed by atoms with Crippen molar-refractivity contribution in [3.8, 4) is 11.1 Å². The smallest absolute Gasteiger partial charge is 0.342 e. The quantitative estimate of drug-likeness (QED) is 0.174. The van der Waals surface area contributed by atoms with Gasteiger partial charge in [0.25, 0.3) is 0 Å². The first-order valence-corrected chi connectivity index (χ1v) is 17.1. The van der Waals surface area contributed by atoms with Crippen LogP contribution in [0.5, 0.6) is 0 Å². The molecule has 0 spiro atoms. The van der Waals surface area contributed by atoms with Crippen molar-refractivity contribution in [1.82, 2.24) is 26.2 Å². The van der Waals surface area contributed by atoms with Gasteiger partial charge in [-0.3, -0.25) is 14.4 Å². The zero-order valence-corrected chi connectivity index (χ0v) is 27.7. The second-order valence-electron chi connectivity index (χ2n) is 13.2. The maximum absolute atomic E-state index is 14.0. The van der Waals surface area contributed by atoms with Crippen molar-refractivity contribution < 1.29 is 27.6 Å². The van der Waals surface area contributed by atoms with Gasteiger partial charge in [0, 0.05) is 13.0 Å². The van der Waals surface area contributed by atoms with Crippen LogP contribution in [0.1, 0.15) is 24.0 Å². The first-order valence-electron chi connectivity index (χ1n) is 17.1. The molecule has 0 radical (unpaired) electrons. The molecule has 1 unspecified atom stereocenters. The molecule has 4 N–H and O–H groups in total. The van der Waals surface area contributed by atoms with E-state index < -0.39 is 49.2 Å². The fraction of sp³-hybridized carbons (Fsp3) is 0.359. The first kappa shape index (κ1) is 35.1. The molecule has 3 atom stereocenters. The summed E-state index contributed by atoms with van der Waals surface area (Å²) in [5.41, 5.74) is 3.73. The van der Waals surface area contributed by atoms with Crippen LogP contribution < -0.4 is 21.3 Å². The predicted molar refractivity (Wildman–Crippen MR) is 187 cm³/mol. The first-order chi connectivity index (χ1) is 24.1. The van der Waals surface area contributed by atoms with Gasteiger partial charge in [-0.1, -0.05) is 97.1 Å². The highest BCUT2D eigenvalue weighted by atomic mass is 19.4. The predicted octanol–water partition coefficient (Wildman–Crippen LogP) is 4.62. The Labute approximate surface area is 289 Å². The number of carbonyl (C=O) groups is 3. The number of halogens is 3. The number of carbonyl (C=O) groups excluding carboxylic acids is 3. The Hall–Kier alpha value is -4.74. The Bertz CT molecular complexity index is 1780. The summed E-state index contributed by atoms with van der Waals surface area (Å²) < 4.78 is 39.1. The lowest BCUT2D eigenvalue weighted by molar-refractivity contribution is -0.143. The molecule has 2 saturated heterocycles. The van der Waals surface area contributed by atoms with Crippen molar-refractivity contribution in [1.29, 1.82) is 0 Å². The van der Waals surface area contributed by atoms with Crippen LogP contribution in [0.15, 0.2) is 97.1 Å². The number of piperazine rings is 1. The van der Waals surface area contributed by atoms with Gasteiger partial charge in [0.15, 0.2) is 0 Å². The highest BCUT2D eigenvalue weighted by Gasteiger charge is 2.42. The molecule has 50 heavy (non-hydrogen) atoms. The molecular formula is C39H42F3N5O3. The van der Waals surface area contributed by atoms with Crippen LogP contribution in [0, 0.1) is 5.92 Å². The number of benzene rings is 4. The van der Waals surface area contributed by atoms with Crippen LogP contribution in [0.4, 0.5) is 13.2 Å². The van der Waals surface area contributed by atoms with Crippen LogP contribution in [0.25, 0.3) is 21.9 Å². The second-order valence-corrected chi connectivity index (χ2v) is 13.2. The van der Waals surface area contributed by atoms with E-state index in [4.69, 9.17) is 0 Å². The van der Waals surface area contributed by atoms with Crippen LogP contribution in [-0.4, -0.2) is 79.6 Å². The second kappa shape index (κ2) is 15.9. The fourth-order valence-electron chi connectivity index (χ4n) is 6.95. The molecule has 262 valence electrons. The van der Waals surface area contributed by atoms with E-state index in [0.29, 0.717) is 0 Å². The zero-order chi connectivity index (χ0) is 35.1. The molecule has 4 aromatic rings. The van der Waals surface area contributed by atoms with Gasteiger partial charge < -0.3 is 26.2 Å². The molecule has 0 bridgehead atoms. The molecule has 8 nitrogen and oxygen atoms in total. The van der Waals surface area contributed by atoms with Gasteiger partial charge in [0.1, 0.15) is 12.1 Å². The number of nitrogens with zero attached hydrogens (tertiary/aromatic N) is 1. The summed E-state index contributed by atoms with van der Waals surface area (Å²) in [6, 6.07) is 28.6. The third-order valence-electron chi connectivity index (χ3n) is 9.59. The van der Waals surface area contributed by atoms with Crippen LogP contribution in [0.2, 0.25) is 0 Å². The minimum absolute atomic E-state index is 0.0776. The van der Waals surface area contributed by atoms with Crippen molar-refractivity contribution in [2.75, 3.05) is 32.7 Å². The number of fused-ring (bicyclic) bond motifs is 1. The van der Waals surface area contributed by atoms with E-state index in [1.807, 2.05) is 97.1 Å². The average Bonchev–Trinajstić information content (AvgIpc) is 3.12. The van der Waals surface area contributed by atoms with E-state index in [-0.39, 0.29) is 31.2 Å². The molecule has 0 aromatic heterocycles. The Kier molecular flexibility index (Phi) is 11.1. The Morgan fingerprint density at radius 3 is 2.18 bits per heavy atom. The molecule has 3 amide bonds. The van der Waals surface area contributed by atoms with Crippen molar-refractivity contribution in [2.45, 2.75) is 50.0 Å². The Morgan fingerprint density at radius 2 is 1.46 bits per heavy atom. The molecule has 0 saturated carbocycles. The fourth-order valence-corrected chi connectivity index (χ4v) is 6.95. The maximum Gasteiger partial charge on any atom is 0.401 e. The van der Waals surface area contributed by atoms with E-state index in [1.54, 1.807) is 0 Å². The number of hydrogen-bond donors (Lipinski definition) is 4. The third-order valence-corrected chi connectivity index (χ3v) is 9.59. The van der Waals surface area contributed by atoms with Gasteiger partial charge in [-0.2, -0.15) is 13.2 Å². The van der Waals surface area contributed by atoms with Gasteiger partial charge in [-0.05, 0) is 71.3 Å². The minimum atomic E-state index is -4.49. The lowest BCUT2D eigenvalue weighted by Crippen LogP contribution is -2.69. The van der Waals surface area contributed by atoms with Crippen molar-refractivity contribution >= 4 is 28.5 Å². The Morgan fingerprint density at radius 1 is 0.800 bits per heavy atom. The van der Waals surface area contributed by atoms with Crippen molar-refractivity contribution in [2.24, 2.45) is 5.92 Å². The average molecular weight is 686 g/mol. The van der Waals surface area contributed by atoms with Gasteiger partial charge in [-0.15, -0.1) is 0 Å². The SMILES string of the molecule is O=C1N[C@@H](C(Cc2ccc(-c3ccccc3)cc2)N(CC2CCNCC2)C(=O)CNCC(F)(F)F)C(=O)N[C@H]1Cc1ccc2ccccc2c1. The third kappa shape index (κ3) is 9.08. The summed E-state index contributed by atoms with van der Waals surface area (Å²) in [4.78, 5) is 43.0. The molecule has 11 heteroatoms. The summed E-state index contributed by atoms with van der Waals surface area (Å²) in [7, 11) is 0. The molecule has 2 aliphatic rings. The highest BCUT2D eigenvalue weighted by molar-refractivity contribution is 5.98. The molecular weight excluding hydrogens is 643 g/mol. The molecule has 2 heterocycles. The van der Waals surface area contributed by atoms with Gasteiger partial charge in [0.05, 0.1) is 19.1 Å². The minimum Gasteiger partial charge on any atom is -0.342 e. The van der Waals surface area contributed by atoms with E-state index in [1.165, 1.54) is 4.90 Å². The molecule has 0 aliphatic carbocycles. The summed E-state index contributed by atoms with van der Waals surface area (Å²) >= 11 is 0. The van der Waals surface area contributed by atoms with Gasteiger partial charge in [-0.25, -0.2) is 0 Å². The summed E-state index contributed by atoms with van der Waals surface area (Å²) in [6.07, 6.45) is -2.46. The number of hydrogen-bond acceptors (Lipinski definition) is 5. The van der Waals surface area contributed by atoms with Gasteiger partial charge >= 0.3 is 6.18 Å². The van der Waals surface area contributed by atoms with Crippen molar-refractivity contribution in [3.05, 3.63) is 108 Å².